The summed E-state index contributed by atoms with van der Waals surface area (Å²) in [5.41, 5.74) is 2.00. The average Bonchev–Trinajstić information content (AvgIpc) is 3.30. The molecule has 1 aliphatic heterocycles. The molecule has 1 aromatic carbocycles. The van der Waals surface area contributed by atoms with Crippen LogP contribution in [0.4, 0.5) is 0 Å². The Bertz CT molecular complexity index is 1020. The molecular weight excluding hydrogens is 390 g/mol. The minimum absolute atomic E-state index is 0.186. The smallest absolute Gasteiger partial charge is 0.349 e. The van der Waals surface area contributed by atoms with Crippen molar-refractivity contribution < 1.29 is 19.1 Å². The number of nitrogens with zero attached hydrogens (tertiary/aromatic N) is 3. The zero-order valence-electron chi connectivity index (χ0n) is 16.5. The second-order valence-corrected chi connectivity index (χ2v) is 8.07. The maximum Gasteiger partial charge on any atom is 0.349 e. The lowest BCUT2D eigenvalue weighted by Crippen LogP contribution is -2.46. The van der Waals surface area contributed by atoms with Crippen molar-refractivity contribution in [1.82, 2.24) is 14.7 Å². The number of ether oxygens (including phenoxy) is 2. The lowest BCUT2D eigenvalue weighted by Gasteiger charge is -2.28. The van der Waals surface area contributed by atoms with Gasteiger partial charge in [0.05, 0.1) is 25.5 Å². The van der Waals surface area contributed by atoms with Crippen molar-refractivity contribution in [3.05, 3.63) is 52.5 Å². The third-order valence-corrected chi connectivity index (χ3v) is 6.07. The SMILES string of the molecule is Cc1nn(Cc2ccccc2)c2sc(C(=O)OC(C)C(=O)N3CCOCC3)cc12. The Morgan fingerprint density at radius 2 is 1.97 bits per heavy atom. The summed E-state index contributed by atoms with van der Waals surface area (Å²) in [4.78, 5) is 28.2. The zero-order chi connectivity index (χ0) is 20.4. The van der Waals surface area contributed by atoms with Crippen molar-refractivity contribution in [3.8, 4) is 0 Å². The largest absolute Gasteiger partial charge is 0.448 e. The molecule has 1 saturated heterocycles. The Balaban J connectivity index is 1.49. The Kier molecular flexibility index (Phi) is 5.64. The van der Waals surface area contributed by atoms with Crippen LogP contribution >= 0.6 is 11.3 Å². The molecule has 4 rings (SSSR count). The van der Waals surface area contributed by atoms with E-state index < -0.39 is 12.1 Å². The number of hydrogen-bond donors (Lipinski definition) is 0. The summed E-state index contributed by atoms with van der Waals surface area (Å²) in [6.07, 6.45) is -0.826. The van der Waals surface area contributed by atoms with Gasteiger partial charge in [-0.25, -0.2) is 4.79 Å². The van der Waals surface area contributed by atoms with E-state index in [2.05, 4.69) is 5.10 Å². The van der Waals surface area contributed by atoms with Crippen LogP contribution in [0, 0.1) is 6.92 Å². The summed E-state index contributed by atoms with van der Waals surface area (Å²) in [5.74, 6) is -0.667. The quantitative estimate of drug-likeness (QED) is 0.602. The van der Waals surface area contributed by atoms with E-state index in [0.29, 0.717) is 37.7 Å². The first kappa shape index (κ1) is 19.6. The zero-order valence-corrected chi connectivity index (χ0v) is 17.3. The number of aryl methyl sites for hydroxylation is 1. The number of fused-ring (bicyclic) bond motifs is 1. The van der Waals surface area contributed by atoms with Crippen molar-refractivity contribution in [3.63, 3.8) is 0 Å². The second-order valence-electron chi connectivity index (χ2n) is 7.04. The number of aromatic nitrogens is 2. The van der Waals surface area contributed by atoms with Gasteiger partial charge in [0, 0.05) is 18.5 Å². The molecule has 1 atom stereocenters. The highest BCUT2D eigenvalue weighted by molar-refractivity contribution is 7.20. The van der Waals surface area contributed by atoms with Gasteiger partial charge in [-0.1, -0.05) is 30.3 Å². The first-order valence-corrected chi connectivity index (χ1v) is 10.4. The molecule has 1 fully saturated rings. The molecule has 8 heteroatoms. The number of benzene rings is 1. The van der Waals surface area contributed by atoms with Crippen LogP contribution in [0.5, 0.6) is 0 Å². The predicted molar refractivity (Wildman–Crippen MR) is 110 cm³/mol. The molecule has 7 nitrogen and oxygen atoms in total. The molecule has 0 spiro atoms. The molecule has 2 aromatic heterocycles. The lowest BCUT2D eigenvalue weighted by atomic mass is 10.2. The van der Waals surface area contributed by atoms with E-state index in [0.717, 1.165) is 21.5 Å². The van der Waals surface area contributed by atoms with Crippen LogP contribution in [0.2, 0.25) is 0 Å². The summed E-state index contributed by atoms with van der Waals surface area (Å²) >= 11 is 1.34. The third-order valence-electron chi connectivity index (χ3n) is 4.94. The van der Waals surface area contributed by atoms with E-state index in [1.807, 2.05) is 41.9 Å². The van der Waals surface area contributed by atoms with Gasteiger partial charge in [-0.2, -0.15) is 5.10 Å². The average molecular weight is 413 g/mol. The molecule has 152 valence electrons. The second kappa shape index (κ2) is 8.34. The number of carbonyl (C=O) groups excluding carboxylic acids is 2. The summed E-state index contributed by atoms with van der Waals surface area (Å²) in [6.45, 7) is 6.25. The van der Waals surface area contributed by atoms with Crippen LogP contribution in [0.25, 0.3) is 10.2 Å². The van der Waals surface area contributed by atoms with E-state index in [9.17, 15) is 9.59 Å². The minimum atomic E-state index is -0.826. The molecule has 1 unspecified atom stereocenters. The Morgan fingerprint density at radius 1 is 1.24 bits per heavy atom. The van der Waals surface area contributed by atoms with Crippen LogP contribution in [0.3, 0.4) is 0 Å². The van der Waals surface area contributed by atoms with E-state index in [1.54, 1.807) is 17.9 Å². The van der Waals surface area contributed by atoms with Crippen LogP contribution in [0.15, 0.2) is 36.4 Å². The highest BCUT2D eigenvalue weighted by Crippen LogP contribution is 2.29. The number of carbonyl (C=O) groups is 2. The van der Waals surface area contributed by atoms with E-state index >= 15 is 0 Å². The number of amides is 1. The molecule has 29 heavy (non-hydrogen) atoms. The van der Waals surface area contributed by atoms with Crippen molar-refractivity contribution >= 4 is 33.4 Å². The molecule has 0 bridgehead atoms. The van der Waals surface area contributed by atoms with Gasteiger partial charge in [0.2, 0.25) is 0 Å². The fourth-order valence-corrected chi connectivity index (χ4v) is 4.43. The number of rotatable bonds is 5. The molecule has 0 N–H and O–H groups in total. The molecule has 0 radical (unpaired) electrons. The number of hydrogen-bond acceptors (Lipinski definition) is 6. The van der Waals surface area contributed by atoms with Gasteiger partial charge in [0.15, 0.2) is 6.10 Å². The molecule has 0 aliphatic carbocycles. The fraction of sp³-hybridized carbons (Fsp3) is 0.381. The maximum absolute atomic E-state index is 12.7. The van der Waals surface area contributed by atoms with Gasteiger partial charge in [0.25, 0.3) is 5.91 Å². The van der Waals surface area contributed by atoms with Gasteiger partial charge in [-0.05, 0) is 25.5 Å². The van der Waals surface area contributed by atoms with Crippen LogP contribution in [0.1, 0.15) is 27.9 Å². The Hall–Kier alpha value is -2.71. The van der Waals surface area contributed by atoms with Crippen molar-refractivity contribution in [2.75, 3.05) is 26.3 Å². The molecule has 0 saturated carbocycles. The monoisotopic (exact) mass is 413 g/mol. The van der Waals surface area contributed by atoms with E-state index in [1.165, 1.54) is 11.3 Å². The van der Waals surface area contributed by atoms with Crippen LogP contribution in [-0.4, -0.2) is 59.0 Å². The first-order valence-electron chi connectivity index (χ1n) is 9.61. The highest BCUT2D eigenvalue weighted by Gasteiger charge is 2.27. The van der Waals surface area contributed by atoms with Gasteiger partial charge in [0.1, 0.15) is 9.71 Å². The molecular formula is C21H23N3O4S. The maximum atomic E-state index is 12.7. The third kappa shape index (κ3) is 4.18. The summed E-state index contributed by atoms with van der Waals surface area (Å²) in [7, 11) is 0. The summed E-state index contributed by atoms with van der Waals surface area (Å²) in [6, 6.07) is 11.9. The van der Waals surface area contributed by atoms with Gasteiger partial charge in [-0.15, -0.1) is 11.3 Å². The molecule has 1 aliphatic rings. The van der Waals surface area contributed by atoms with Crippen LogP contribution < -0.4 is 0 Å². The Labute approximate surface area is 172 Å². The van der Waals surface area contributed by atoms with Crippen molar-refractivity contribution in [2.24, 2.45) is 0 Å². The lowest BCUT2D eigenvalue weighted by molar-refractivity contribution is -0.143. The standard InChI is InChI=1S/C21H23N3O4S/c1-14-17-12-18(21(26)28-15(2)19(25)23-8-10-27-11-9-23)29-20(17)24(22-14)13-16-6-4-3-5-7-16/h3-7,12,15H,8-11,13H2,1-2H3. The van der Waals surface area contributed by atoms with Gasteiger partial charge in [-0.3, -0.25) is 9.48 Å². The number of thiophene rings is 1. The normalized spacial score (nSPS) is 15.4. The fourth-order valence-electron chi connectivity index (χ4n) is 3.39. The van der Waals surface area contributed by atoms with Crippen LogP contribution in [-0.2, 0) is 20.8 Å². The Morgan fingerprint density at radius 3 is 2.69 bits per heavy atom. The van der Waals surface area contributed by atoms with E-state index in [-0.39, 0.29) is 5.91 Å². The first-order chi connectivity index (χ1) is 14.0. The highest BCUT2D eigenvalue weighted by atomic mass is 32.1. The number of morpholine rings is 1. The molecule has 3 aromatic rings. The summed E-state index contributed by atoms with van der Waals surface area (Å²) in [5, 5.41) is 5.53. The van der Waals surface area contributed by atoms with E-state index in [4.69, 9.17) is 9.47 Å². The van der Waals surface area contributed by atoms with Crippen molar-refractivity contribution in [2.45, 2.75) is 26.5 Å². The predicted octanol–water partition coefficient (Wildman–Crippen LogP) is 2.86. The van der Waals surface area contributed by atoms with Gasteiger partial charge < -0.3 is 14.4 Å². The molecule has 3 heterocycles. The van der Waals surface area contributed by atoms with Crippen molar-refractivity contribution in [1.29, 1.82) is 0 Å². The topological polar surface area (TPSA) is 73.7 Å². The minimum Gasteiger partial charge on any atom is -0.448 e. The summed E-state index contributed by atoms with van der Waals surface area (Å²) < 4.78 is 12.6. The number of esters is 1. The van der Waals surface area contributed by atoms with Gasteiger partial charge >= 0.3 is 5.97 Å². The molecule has 1 amide bonds.